The van der Waals surface area contributed by atoms with Crippen molar-refractivity contribution in [1.82, 2.24) is 0 Å². The zero-order valence-electron chi connectivity index (χ0n) is 17.7. The van der Waals surface area contributed by atoms with Crippen LogP contribution < -0.4 is 20.1 Å². The van der Waals surface area contributed by atoms with Gasteiger partial charge in [0.15, 0.2) is 0 Å². The van der Waals surface area contributed by atoms with E-state index in [1.165, 1.54) is 23.3 Å². The first-order valence-electron chi connectivity index (χ1n) is 10.3. The van der Waals surface area contributed by atoms with Crippen LogP contribution in [-0.2, 0) is 18.5 Å². The number of nitrogens with one attached hydrogen (secondary N) is 2. The molecule has 162 valence electrons. The highest BCUT2D eigenvalue weighted by Gasteiger charge is 2.39. The molecule has 5 nitrogen and oxygen atoms in total. The van der Waals surface area contributed by atoms with E-state index in [1.54, 1.807) is 26.4 Å². The average Bonchev–Trinajstić information content (AvgIpc) is 3.15. The minimum atomic E-state index is -0.664. The number of ether oxygens (including phenoxy) is 2. The molecule has 1 aliphatic rings. The predicted octanol–water partition coefficient (Wildman–Crippen LogP) is 4.70. The quantitative estimate of drug-likeness (QED) is 0.491. The fourth-order valence-corrected chi connectivity index (χ4v) is 4.10. The topological polar surface area (TPSA) is 62.8 Å². The second-order valence-electron chi connectivity index (χ2n) is 7.76. The molecule has 0 fully saturated rings. The molecule has 0 aromatic heterocycles. The van der Waals surface area contributed by atoms with Crippen LogP contribution in [0.5, 0.6) is 11.5 Å². The van der Waals surface area contributed by atoms with Gasteiger partial charge in [-0.3, -0.25) is 0 Å². The van der Waals surface area contributed by atoms with Gasteiger partial charge in [-0.05, 0) is 47.7 Å². The maximum Gasteiger partial charge on any atom is 0.138 e. The molecule has 1 aliphatic heterocycles. The summed E-state index contributed by atoms with van der Waals surface area (Å²) in [6.07, 6.45) is 2.23. The zero-order valence-corrected chi connectivity index (χ0v) is 17.7. The number of halogens is 1. The lowest BCUT2D eigenvalue weighted by atomic mass is 9.94. The number of aryl methyl sites for hydroxylation is 1. The normalized spacial score (nSPS) is 17.0. The van der Waals surface area contributed by atoms with Gasteiger partial charge in [0.2, 0.25) is 0 Å². The van der Waals surface area contributed by atoms with Gasteiger partial charge in [0.25, 0.3) is 0 Å². The second kappa shape index (κ2) is 8.86. The van der Waals surface area contributed by atoms with Crippen molar-refractivity contribution in [3.8, 4) is 11.5 Å². The SMILES string of the molecule is COc1cc(NC2(c3ccc(F)cc3)Cc3cc(CCCO)ccc3N2)cc(OC)c1. The second-order valence-corrected chi connectivity index (χ2v) is 7.76. The summed E-state index contributed by atoms with van der Waals surface area (Å²) in [6.45, 7) is 0.175. The van der Waals surface area contributed by atoms with Crippen LogP contribution in [0, 0.1) is 5.82 Å². The maximum atomic E-state index is 13.7. The van der Waals surface area contributed by atoms with Crippen molar-refractivity contribution < 1.29 is 19.0 Å². The molecule has 31 heavy (non-hydrogen) atoms. The molecule has 0 radical (unpaired) electrons. The van der Waals surface area contributed by atoms with Crippen LogP contribution in [0.4, 0.5) is 15.8 Å². The molecule has 1 unspecified atom stereocenters. The van der Waals surface area contributed by atoms with Gasteiger partial charge in [0, 0.05) is 42.6 Å². The van der Waals surface area contributed by atoms with Crippen LogP contribution in [0.3, 0.4) is 0 Å². The van der Waals surface area contributed by atoms with Gasteiger partial charge in [-0.1, -0.05) is 24.3 Å². The van der Waals surface area contributed by atoms with Crippen LogP contribution in [0.1, 0.15) is 23.1 Å². The smallest absolute Gasteiger partial charge is 0.138 e. The van der Waals surface area contributed by atoms with Crippen molar-refractivity contribution in [2.75, 3.05) is 31.5 Å². The molecule has 0 amide bonds. The van der Waals surface area contributed by atoms with Crippen LogP contribution >= 0.6 is 0 Å². The molecule has 3 aromatic rings. The van der Waals surface area contributed by atoms with Crippen molar-refractivity contribution in [2.45, 2.75) is 24.9 Å². The summed E-state index contributed by atoms with van der Waals surface area (Å²) >= 11 is 0. The molecule has 3 aromatic carbocycles. The van der Waals surface area contributed by atoms with Crippen LogP contribution in [0.15, 0.2) is 60.7 Å². The van der Waals surface area contributed by atoms with E-state index in [1.807, 2.05) is 18.2 Å². The Morgan fingerprint density at radius 3 is 2.35 bits per heavy atom. The van der Waals surface area contributed by atoms with Gasteiger partial charge in [-0.25, -0.2) is 4.39 Å². The van der Waals surface area contributed by atoms with Crippen LogP contribution in [0.2, 0.25) is 0 Å². The average molecular weight is 423 g/mol. The Balaban J connectivity index is 1.73. The third-order valence-corrected chi connectivity index (χ3v) is 5.64. The zero-order chi connectivity index (χ0) is 21.8. The Hall–Kier alpha value is -3.25. The van der Waals surface area contributed by atoms with Crippen molar-refractivity contribution in [2.24, 2.45) is 0 Å². The van der Waals surface area contributed by atoms with E-state index in [9.17, 15) is 4.39 Å². The lowest BCUT2D eigenvalue weighted by molar-refractivity contribution is 0.288. The molecule has 0 bridgehead atoms. The summed E-state index contributed by atoms with van der Waals surface area (Å²) < 4.78 is 24.5. The van der Waals surface area contributed by atoms with Crippen molar-refractivity contribution >= 4 is 11.4 Å². The molecular weight excluding hydrogens is 395 g/mol. The summed E-state index contributed by atoms with van der Waals surface area (Å²) in [7, 11) is 3.23. The molecule has 4 rings (SSSR count). The largest absolute Gasteiger partial charge is 0.497 e. The number of hydrogen-bond donors (Lipinski definition) is 3. The highest BCUT2D eigenvalue weighted by molar-refractivity contribution is 5.66. The van der Waals surface area contributed by atoms with Gasteiger partial charge in [-0.15, -0.1) is 0 Å². The van der Waals surface area contributed by atoms with E-state index in [4.69, 9.17) is 14.6 Å². The van der Waals surface area contributed by atoms with Gasteiger partial charge >= 0.3 is 0 Å². The highest BCUT2D eigenvalue weighted by Crippen LogP contribution is 2.41. The molecular formula is C25H27FN2O3. The van der Waals surface area contributed by atoms with E-state index in [0.29, 0.717) is 17.9 Å². The van der Waals surface area contributed by atoms with Gasteiger partial charge < -0.3 is 25.2 Å². The van der Waals surface area contributed by atoms with Crippen LogP contribution in [-0.4, -0.2) is 25.9 Å². The number of anilines is 2. The van der Waals surface area contributed by atoms with Gasteiger partial charge in [0.1, 0.15) is 23.0 Å². The van der Waals surface area contributed by atoms with E-state index >= 15 is 0 Å². The lowest BCUT2D eigenvalue weighted by Gasteiger charge is -2.33. The minimum Gasteiger partial charge on any atom is -0.497 e. The Bertz CT molecular complexity index is 1030. The molecule has 0 saturated carbocycles. The first-order valence-corrected chi connectivity index (χ1v) is 10.3. The van der Waals surface area contributed by atoms with E-state index in [2.05, 4.69) is 28.8 Å². The van der Waals surface area contributed by atoms with Crippen LogP contribution in [0.25, 0.3) is 0 Å². The van der Waals surface area contributed by atoms with Crippen molar-refractivity contribution in [3.05, 3.63) is 83.2 Å². The number of hydrogen-bond acceptors (Lipinski definition) is 5. The molecule has 3 N–H and O–H groups in total. The molecule has 0 saturated heterocycles. The molecule has 1 atom stereocenters. The van der Waals surface area contributed by atoms with E-state index in [0.717, 1.165) is 29.8 Å². The first-order chi connectivity index (χ1) is 15.0. The van der Waals surface area contributed by atoms with E-state index < -0.39 is 5.66 Å². The summed E-state index contributed by atoms with van der Waals surface area (Å²) in [4.78, 5) is 0. The fraction of sp³-hybridized carbons (Fsp3) is 0.280. The standard InChI is InChI=1S/C25H27FN2O3/c1-30-22-13-21(14-23(15-22)31-2)27-25(19-6-8-20(26)9-7-19)16-18-12-17(4-3-11-29)5-10-24(18)28-25/h5-10,12-15,27-29H,3-4,11,16H2,1-2H3. The first kappa shape index (κ1) is 21.0. The Kier molecular flexibility index (Phi) is 6.00. The van der Waals surface area contributed by atoms with E-state index in [-0.39, 0.29) is 12.4 Å². The molecule has 0 aliphatic carbocycles. The monoisotopic (exact) mass is 422 g/mol. The highest BCUT2D eigenvalue weighted by atomic mass is 19.1. The summed E-state index contributed by atoms with van der Waals surface area (Å²) in [5.41, 5.74) is 4.46. The summed E-state index contributed by atoms with van der Waals surface area (Å²) in [6, 6.07) is 18.5. The summed E-state index contributed by atoms with van der Waals surface area (Å²) in [5.74, 6) is 1.08. The Labute approximate surface area is 181 Å². The summed E-state index contributed by atoms with van der Waals surface area (Å²) in [5, 5.41) is 16.4. The molecule has 6 heteroatoms. The fourth-order valence-electron chi connectivity index (χ4n) is 4.10. The Morgan fingerprint density at radius 1 is 1.00 bits per heavy atom. The lowest BCUT2D eigenvalue weighted by Crippen LogP contribution is -2.41. The molecule has 0 spiro atoms. The van der Waals surface area contributed by atoms with Crippen molar-refractivity contribution in [3.63, 3.8) is 0 Å². The number of rotatable bonds is 8. The van der Waals surface area contributed by atoms with Crippen molar-refractivity contribution in [1.29, 1.82) is 0 Å². The Morgan fingerprint density at radius 2 is 1.71 bits per heavy atom. The number of fused-ring (bicyclic) bond motifs is 1. The predicted molar refractivity (Wildman–Crippen MR) is 120 cm³/mol. The molecule has 1 heterocycles. The number of methoxy groups -OCH3 is 2. The third kappa shape index (κ3) is 4.44. The van der Waals surface area contributed by atoms with Gasteiger partial charge in [-0.2, -0.15) is 0 Å². The number of aliphatic hydroxyl groups is 1. The third-order valence-electron chi connectivity index (χ3n) is 5.64. The number of benzene rings is 3. The number of aliphatic hydroxyl groups excluding tert-OH is 1. The maximum absolute atomic E-state index is 13.7. The van der Waals surface area contributed by atoms with Gasteiger partial charge in [0.05, 0.1) is 14.2 Å². The minimum absolute atomic E-state index is 0.175.